The van der Waals surface area contributed by atoms with Crippen molar-refractivity contribution in [1.29, 1.82) is 0 Å². The van der Waals surface area contributed by atoms with E-state index >= 15 is 0 Å². The number of quaternary nitrogens is 1. The Morgan fingerprint density at radius 1 is 0.719 bits per heavy atom. The Morgan fingerprint density at radius 3 is 1.65 bits per heavy atom. The maximum atomic E-state index is 11.8. The Hall–Kier alpha value is -2.51. The highest BCUT2D eigenvalue weighted by atomic mass is 31.2. The van der Waals surface area contributed by atoms with Gasteiger partial charge in [0.1, 0.15) is 13.2 Å². The molecule has 0 radical (unpaired) electrons. The summed E-state index contributed by atoms with van der Waals surface area (Å²) in [5.74, 6) is -1.71. The number of carbonyl (C=O) groups excluding carboxylic acids is 2. The van der Waals surface area contributed by atoms with Gasteiger partial charge in [-0.05, 0) is 43.9 Å². The molecule has 15 heteroatoms. The molecule has 1 fully saturated rings. The molecule has 1 aromatic rings. The van der Waals surface area contributed by atoms with Crippen LogP contribution in [0.1, 0.15) is 114 Å². The van der Waals surface area contributed by atoms with E-state index in [0.29, 0.717) is 37.1 Å². The number of phosphoric acid groups is 1. The van der Waals surface area contributed by atoms with Gasteiger partial charge in [-0.1, -0.05) is 114 Å². The van der Waals surface area contributed by atoms with Gasteiger partial charge < -0.3 is 33.5 Å². The topological polar surface area (TPSA) is 177 Å². The fourth-order valence-corrected chi connectivity index (χ4v) is 7.71. The minimum Gasteiger partial charge on any atom is -0.756 e. The molecule has 0 spiro atoms. The number of hydrogen-bond acceptors (Lipinski definition) is 11. The summed E-state index contributed by atoms with van der Waals surface area (Å²) in [5, 5.41) is 19.1. The van der Waals surface area contributed by atoms with E-state index < -0.39 is 19.8 Å². The molecular weight excluding hydrogens is 751 g/mol. The van der Waals surface area contributed by atoms with Crippen molar-refractivity contribution in [3.05, 3.63) is 35.4 Å². The molecular formula is C42H75N4O10P. The van der Waals surface area contributed by atoms with Crippen molar-refractivity contribution in [2.45, 2.75) is 122 Å². The molecule has 0 aliphatic carbocycles. The van der Waals surface area contributed by atoms with Gasteiger partial charge in [0.15, 0.2) is 0 Å². The van der Waals surface area contributed by atoms with Crippen LogP contribution in [0, 0.1) is 0 Å². The van der Waals surface area contributed by atoms with Crippen LogP contribution in [0.4, 0.5) is 0 Å². The van der Waals surface area contributed by atoms with Gasteiger partial charge in [-0.3, -0.25) is 24.0 Å². The van der Waals surface area contributed by atoms with E-state index in [1.54, 1.807) is 0 Å². The molecule has 1 aliphatic rings. The molecule has 1 aromatic carbocycles. The lowest BCUT2D eigenvalue weighted by Gasteiger charge is -2.33. The van der Waals surface area contributed by atoms with Gasteiger partial charge in [0.2, 0.25) is 0 Å². The summed E-state index contributed by atoms with van der Waals surface area (Å²) >= 11 is 0. The number of benzene rings is 1. The van der Waals surface area contributed by atoms with Crippen LogP contribution in [0.5, 0.6) is 0 Å². The second-order valence-corrected chi connectivity index (χ2v) is 18.0. The van der Waals surface area contributed by atoms with E-state index in [1.807, 2.05) is 38.0 Å². The first kappa shape index (κ1) is 52.5. The van der Waals surface area contributed by atoms with Crippen LogP contribution in [0.25, 0.3) is 0 Å². The van der Waals surface area contributed by atoms with Gasteiger partial charge in [0.05, 0.1) is 40.8 Å². The number of carbonyl (C=O) groups is 2. The third kappa shape index (κ3) is 30.2. The van der Waals surface area contributed by atoms with Crippen molar-refractivity contribution in [1.82, 2.24) is 14.7 Å². The van der Waals surface area contributed by atoms with Crippen LogP contribution < -0.4 is 4.89 Å². The van der Waals surface area contributed by atoms with Gasteiger partial charge in [-0.15, -0.1) is 0 Å². The third-order valence-corrected chi connectivity index (χ3v) is 11.4. The van der Waals surface area contributed by atoms with Crippen molar-refractivity contribution in [3.8, 4) is 0 Å². The maximum absolute atomic E-state index is 11.8. The number of carboxylic acids is 2. The largest absolute Gasteiger partial charge is 0.756 e. The average Bonchev–Trinajstić information content (AvgIpc) is 3.18. The number of nitrogens with zero attached hydrogens (tertiary/aromatic N) is 4. The van der Waals surface area contributed by atoms with Crippen LogP contribution in [-0.4, -0.2) is 147 Å². The number of likely N-dealkylation sites (N-methyl/N-ethyl adjacent to an activating group) is 2. The second-order valence-electron chi connectivity index (χ2n) is 16.6. The lowest BCUT2D eigenvalue weighted by Crippen LogP contribution is -2.48. The Labute approximate surface area is 343 Å². The quantitative estimate of drug-likeness (QED) is 0.0547. The molecule has 1 heterocycles. The van der Waals surface area contributed by atoms with Crippen LogP contribution in [0.2, 0.25) is 0 Å². The number of aryl methyl sites for hydroxylation is 1. The van der Waals surface area contributed by atoms with E-state index in [9.17, 15) is 29.3 Å². The van der Waals surface area contributed by atoms with Crippen molar-refractivity contribution in [2.75, 3.05) is 93.8 Å². The highest BCUT2D eigenvalue weighted by molar-refractivity contribution is 7.45. The Balaban J connectivity index is 0.00000524. The van der Waals surface area contributed by atoms with Gasteiger partial charge in [-0.25, -0.2) is 0 Å². The summed E-state index contributed by atoms with van der Waals surface area (Å²) in [7, 11) is 3.79. The zero-order valence-corrected chi connectivity index (χ0v) is 36.5. The van der Waals surface area contributed by atoms with Gasteiger partial charge in [0.25, 0.3) is 7.82 Å². The number of aliphatic carboxylic acids is 2. The zero-order valence-electron chi connectivity index (χ0n) is 35.6. The summed E-state index contributed by atoms with van der Waals surface area (Å²) in [5.41, 5.74) is 2.49. The normalized spacial score (nSPS) is 17.0. The predicted molar refractivity (Wildman–Crippen MR) is 220 cm³/mol. The fourth-order valence-electron chi connectivity index (χ4n) is 6.98. The van der Waals surface area contributed by atoms with Gasteiger partial charge in [0, 0.05) is 38.8 Å². The highest BCUT2D eigenvalue weighted by Crippen LogP contribution is 2.38. The number of rotatable bonds is 30. The number of unbranched alkanes of at least 4 members (excludes halogenated alkanes) is 15. The molecule has 0 bridgehead atoms. The van der Waals surface area contributed by atoms with E-state index in [-0.39, 0.29) is 38.5 Å². The Bertz CT molecular complexity index is 1290. The van der Waals surface area contributed by atoms with Crippen molar-refractivity contribution < 1.29 is 52.4 Å². The first-order valence-corrected chi connectivity index (χ1v) is 22.7. The van der Waals surface area contributed by atoms with Crippen molar-refractivity contribution in [3.63, 3.8) is 0 Å². The summed E-state index contributed by atoms with van der Waals surface area (Å²) in [4.78, 5) is 57.4. The minimum atomic E-state index is -4.18. The molecule has 2 unspecified atom stereocenters. The number of phosphoric ester groups is 1. The monoisotopic (exact) mass is 827 g/mol. The second kappa shape index (κ2) is 31.4. The van der Waals surface area contributed by atoms with Crippen LogP contribution in [0.15, 0.2) is 24.3 Å². The lowest BCUT2D eigenvalue weighted by atomic mass is 9.99. The molecule has 1 aliphatic heterocycles. The van der Waals surface area contributed by atoms with Crippen LogP contribution in [0.3, 0.4) is 0 Å². The molecule has 57 heavy (non-hydrogen) atoms. The molecule has 14 nitrogen and oxygen atoms in total. The maximum Gasteiger partial charge on any atom is 0.373 e. The first-order chi connectivity index (χ1) is 27.1. The highest BCUT2D eigenvalue weighted by Gasteiger charge is 2.27. The number of carboxylic acid groups (broad SMARTS) is 2. The van der Waals surface area contributed by atoms with E-state index in [2.05, 4.69) is 29.2 Å². The number of hydrogen-bond donors (Lipinski definition) is 2. The van der Waals surface area contributed by atoms with E-state index in [0.717, 1.165) is 44.3 Å². The minimum absolute atomic E-state index is 0.0411. The average molecular weight is 827 g/mol. The smallest absolute Gasteiger partial charge is 0.373 e. The van der Waals surface area contributed by atoms with Gasteiger partial charge >= 0.3 is 18.1 Å². The molecule has 0 aromatic heterocycles. The molecule has 0 saturated carbocycles. The van der Waals surface area contributed by atoms with E-state index in [4.69, 9.17) is 18.6 Å². The predicted octanol–water partition coefficient (Wildman–Crippen LogP) is 5.72. The van der Waals surface area contributed by atoms with Gasteiger partial charge in [-0.2, -0.15) is 9.59 Å². The Kier molecular flexibility index (Phi) is 28.9. The standard InChI is InChI=1S/C41H75N4O8P.CO2/c1-42-26-28-43(35-40(46)47)34-39(44(29-27-42)36-41(48)49)33-38-24-22-37(23-25-38)21-19-17-15-13-11-9-7-5-6-8-10-12-14-16-18-20-31-52-54(50,51)53-32-30-45(2,3)4;2-1-3/h22-25,39H,5-21,26-36H2,1-4H3,(H2-,46,47,48,49,50,51);. The fraction of sp³-hybridized carbons (Fsp3) is 0.786. The molecule has 2 N–H and O–H groups in total. The molecule has 328 valence electrons. The van der Waals surface area contributed by atoms with Crippen molar-refractivity contribution in [2.24, 2.45) is 0 Å². The first-order valence-electron chi connectivity index (χ1n) is 21.2. The van der Waals surface area contributed by atoms with Crippen LogP contribution in [-0.2, 0) is 45.6 Å². The summed E-state index contributed by atoms with van der Waals surface area (Å²) in [6, 6.07) is 8.66. The summed E-state index contributed by atoms with van der Waals surface area (Å²) in [6.07, 6.45) is 21.6. The van der Waals surface area contributed by atoms with Crippen molar-refractivity contribution >= 4 is 25.9 Å². The van der Waals surface area contributed by atoms with E-state index in [1.165, 1.54) is 89.0 Å². The molecule has 2 atom stereocenters. The summed E-state index contributed by atoms with van der Waals surface area (Å²) in [6.45, 7) is 4.20. The Morgan fingerprint density at radius 2 is 1.16 bits per heavy atom. The third-order valence-electron chi connectivity index (χ3n) is 10.4. The van der Waals surface area contributed by atoms with Crippen LogP contribution >= 0.6 is 7.82 Å². The SMILES string of the molecule is CN1CCN(CC(=O)O)CC(Cc2ccc(CCCCCCCCCCCCCCCCCCOP(=O)([O-])OCC[N+](C)(C)C)cc2)N(CC(=O)O)CC1.O=C=O. The molecule has 2 rings (SSSR count). The molecule has 0 amide bonds. The lowest BCUT2D eigenvalue weighted by molar-refractivity contribution is -0.870. The molecule has 1 saturated heterocycles. The zero-order chi connectivity index (χ0) is 42.4. The summed E-state index contributed by atoms with van der Waals surface area (Å²) < 4.78 is 22.4.